The lowest BCUT2D eigenvalue weighted by Gasteiger charge is -2.41. The monoisotopic (exact) mass is 300 g/mol. The van der Waals surface area contributed by atoms with Crippen LogP contribution in [0.25, 0.3) is 0 Å². The van der Waals surface area contributed by atoms with Crippen molar-refractivity contribution in [2.75, 3.05) is 33.2 Å². The van der Waals surface area contributed by atoms with Crippen LogP contribution in [-0.4, -0.2) is 48.9 Å². The number of amides is 1. The molecule has 3 fully saturated rings. The minimum Gasteiger partial charge on any atom is -0.340 e. The van der Waals surface area contributed by atoms with E-state index in [1.165, 1.54) is 38.5 Å². The van der Waals surface area contributed by atoms with Gasteiger partial charge in [-0.3, -0.25) is 4.79 Å². The second kappa shape index (κ2) is 7.13. The lowest BCUT2D eigenvalue weighted by Crippen LogP contribution is -2.50. The number of fused-ring (bicyclic) bond motifs is 1. The molecule has 3 atom stereocenters. The van der Waals surface area contributed by atoms with Crippen molar-refractivity contribution in [3.63, 3.8) is 0 Å². The van der Waals surface area contributed by atoms with E-state index in [-0.39, 0.29) is 12.4 Å². The Hall–Kier alpha value is -0.280. The molecule has 1 aliphatic heterocycles. The summed E-state index contributed by atoms with van der Waals surface area (Å²) in [6.45, 7) is 3.98. The van der Waals surface area contributed by atoms with Crippen LogP contribution in [0.5, 0.6) is 0 Å². The van der Waals surface area contributed by atoms with Crippen LogP contribution in [0, 0.1) is 17.8 Å². The number of nitrogens with zero attached hydrogens (tertiary/aromatic N) is 2. The molecule has 2 aliphatic carbocycles. The molecule has 0 aromatic carbocycles. The highest BCUT2D eigenvalue weighted by Crippen LogP contribution is 2.43. The third-order valence-electron chi connectivity index (χ3n) is 5.70. The van der Waals surface area contributed by atoms with E-state index in [1.807, 2.05) is 0 Å². The van der Waals surface area contributed by atoms with Crippen molar-refractivity contribution in [2.24, 2.45) is 17.8 Å². The van der Waals surface area contributed by atoms with Gasteiger partial charge in [0.05, 0.1) is 0 Å². The molecular weight excluding hydrogens is 272 g/mol. The van der Waals surface area contributed by atoms with E-state index in [0.717, 1.165) is 44.4 Å². The first-order valence-corrected chi connectivity index (χ1v) is 8.21. The van der Waals surface area contributed by atoms with Crippen molar-refractivity contribution in [2.45, 2.75) is 44.9 Å². The molecule has 0 bridgehead atoms. The van der Waals surface area contributed by atoms with Gasteiger partial charge in [0.1, 0.15) is 0 Å². The fourth-order valence-corrected chi connectivity index (χ4v) is 4.38. The van der Waals surface area contributed by atoms with Gasteiger partial charge in [-0.2, -0.15) is 0 Å². The Balaban J connectivity index is 0.00000147. The van der Waals surface area contributed by atoms with Crippen molar-refractivity contribution in [3.8, 4) is 0 Å². The molecule has 4 heteroatoms. The van der Waals surface area contributed by atoms with Crippen molar-refractivity contribution in [1.82, 2.24) is 9.80 Å². The average Bonchev–Trinajstić information content (AvgIpc) is 2.47. The molecule has 3 unspecified atom stereocenters. The highest BCUT2D eigenvalue weighted by atomic mass is 35.5. The Kier molecular flexibility index (Phi) is 5.74. The third kappa shape index (κ3) is 3.48. The molecule has 1 heterocycles. The maximum atomic E-state index is 12.6. The largest absolute Gasteiger partial charge is 0.340 e. The summed E-state index contributed by atoms with van der Waals surface area (Å²) < 4.78 is 0. The quantitative estimate of drug-likeness (QED) is 0.743. The SMILES string of the molecule is CN1CCN(C(=O)C2CCC3CCCCC3C2)CC1.Cl. The van der Waals surface area contributed by atoms with Crippen molar-refractivity contribution in [3.05, 3.63) is 0 Å². The minimum atomic E-state index is 0. The van der Waals surface area contributed by atoms with Crippen LogP contribution >= 0.6 is 12.4 Å². The highest BCUT2D eigenvalue weighted by molar-refractivity contribution is 5.85. The normalized spacial score (nSPS) is 35.0. The summed E-state index contributed by atoms with van der Waals surface area (Å²) in [7, 11) is 2.15. The summed E-state index contributed by atoms with van der Waals surface area (Å²) >= 11 is 0. The van der Waals surface area contributed by atoms with E-state index in [4.69, 9.17) is 0 Å². The van der Waals surface area contributed by atoms with Crippen LogP contribution in [0.4, 0.5) is 0 Å². The van der Waals surface area contributed by atoms with Crippen LogP contribution in [0.15, 0.2) is 0 Å². The number of likely N-dealkylation sites (N-methyl/N-ethyl adjacent to an activating group) is 1. The zero-order valence-electron chi connectivity index (χ0n) is 12.7. The van der Waals surface area contributed by atoms with Crippen molar-refractivity contribution in [1.29, 1.82) is 0 Å². The van der Waals surface area contributed by atoms with Crippen LogP contribution in [0.1, 0.15) is 44.9 Å². The molecule has 1 saturated heterocycles. The maximum Gasteiger partial charge on any atom is 0.225 e. The molecule has 3 nitrogen and oxygen atoms in total. The fraction of sp³-hybridized carbons (Fsp3) is 0.938. The maximum absolute atomic E-state index is 12.6. The summed E-state index contributed by atoms with van der Waals surface area (Å²) in [5, 5.41) is 0. The van der Waals surface area contributed by atoms with Crippen molar-refractivity contribution < 1.29 is 4.79 Å². The first-order valence-electron chi connectivity index (χ1n) is 8.21. The van der Waals surface area contributed by atoms with Gasteiger partial charge in [-0.1, -0.05) is 25.7 Å². The van der Waals surface area contributed by atoms with Gasteiger partial charge in [-0.15, -0.1) is 12.4 Å². The lowest BCUT2D eigenvalue weighted by molar-refractivity contribution is -0.139. The zero-order valence-corrected chi connectivity index (χ0v) is 13.5. The summed E-state index contributed by atoms with van der Waals surface area (Å²) in [6, 6.07) is 0. The van der Waals surface area contributed by atoms with Gasteiger partial charge < -0.3 is 9.80 Å². The molecule has 0 aromatic rings. The third-order valence-corrected chi connectivity index (χ3v) is 5.70. The molecule has 3 rings (SSSR count). The molecule has 3 aliphatic rings. The molecule has 1 amide bonds. The fourth-order valence-electron chi connectivity index (χ4n) is 4.38. The van der Waals surface area contributed by atoms with Gasteiger partial charge in [-0.05, 0) is 38.1 Å². The van der Waals surface area contributed by atoms with Gasteiger partial charge in [0.25, 0.3) is 0 Å². The van der Waals surface area contributed by atoms with E-state index < -0.39 is 0 Å². The Labute approximate surface area is 129 Å². The molecule has 2 saturated carbocycles. The number of rotatable bonds is 1. The van der Waals surface area contributed by atoms with Gasteiger partial charge in [0.15, 0.2) is 0 Å². The van der Waals surface area contributed by atoms with E-state index in [2.05, 4.69) is 16.8 Å². The summed E-state index contributed by atoms with van der Waals surface area (Å²) in [5.74, 6) is 2.63. The molecule has 20 heavy (non-hydrogen) atoms. The number of hydrogen-bond acceptors (Lipinski definition) is 2. The molecule has 0 N–H and O–H groups in total. The second-order valence-electron chi connectivity index (χ2n) is 6.94. The first kappa shape index (κ1) is 16.1. The van der Waals surface area contributed by atoms with Crippen LogP contribution < -0.4 is 0 Å². The van der Waals surface area contributed by atoms with E-state index in [0.29, 0.717) is 11.8 Å². The Morgan fingerprint density at radius 3 is 2.25 bits per heavy atom. The van der Waals surface area contributed by atoms with E-state index in [9.17, 15) is 4.79 Å². The predicted molar refractivity (Wildman–Crippen MR) is 84.1 cm³/mol. The number of carbonyl (C=O) groups excluding carboxylic acids is 1. The first-order chi connectivity index (χ1) is 9.24. The van der Waals surface area contributed by atoms with Crippen LogP contribution in [0.2, 0.25) is 0 Å². The molecule has 0 aromatic heterocycles. The molecule has 116 valence electrons. The Morgan fingerprint density at radius 1 is 0.900 bits per heavy atom. The average molecular weight is 301 g/mol. The number of carbonyl (C=O) groups is 1. The van der Waals surface area contributed by atoms with Gasteiger partial charge in [-0.25, -0.2) is 0 Å². The second-order valence-corrected chi connectivity index (χ2v) is 6.94. The number of halogens is 1. The number of hydrogen-bond donors (Lipinski definition) is 0. The van der Waals surface area contributed by atoms with Crippen molar-refractivity contribution >= 4 is 18.3 Å². The highest BCUT2D eigenvalue weighted by Gasteiger charge is 2.36. The minimum absolute atomic E-state index is 0. The zero-order chi connectivity index (χ0) is 13.2. The van der Waals surface area contributed by atoms with E-state index >= 15 is 0 Å². The van der Waals surface area contributed by atoms with Crippen LogP contribution in [0.3, 0.4) is 0 Å². The van der Waals surface area contributed by atoms with Gasteiger partial charge in [0.2, 0.25) is 5.91 Å². The lowest BCUT2D eigenvalue weighted by atomic mass is 9.67. The molecule has 0 radical (unpaired) electrons. The summed E-state index contributed by atoms with van der Waals surface area (Å²) in [4.78, 5) is 17.1. The predicted octanol–water partition coefficient (Wildman–Crippen LogP) is 2.79. The summed E-state index contributed by atoms with van der Waals surface area (Å²) in [6.07, 6.45) is 9.31. The molecule has 0 spiro atoms. The van der Waals surface area contributed by atoms with E-state index in [1.54, 1.807) is 0 Å². The standard InChI is InChI=1S/C16H28N2O.ClH/c1-17-8-10-18(11-9-17)16(19)15-7-6-13-4-2-3-5-14(13)12-15;/h13-15H,2-12H2,1H3;1H. The Morgan fingerprint density at radius 2 is 1.55 bits per heavy atom. The summed E-state index contributed by atoms with van der Waals surface area (Å²) in [5.41, 5.74) is 0. The molecular formula is C16H29ClN2O. The van der Waals surface area contributed by atoms with Gasteiger partial charge in [0, 0.05) is 32.1 Å². The number of piperazine rings is 1. The van der Waals surface area contributed by atoms with Crippen LogP contribution in [-0.2, 0) is 4.79 Å². The Bertz CT molecular complexity index is 328. The van der Waals surface area contributed by atoms with Gasteiger partial charge >= 0.3 is 0 Å². The topological polar surface area (TPSA) is 23.6 Å². The smallest absolute Gasteiger partial charge is 0.225 e.